The molecule has 0 unspecified atom stereocenters. The van der Waals surface area contributed by atoms with Gasteiger partial charge in [0.05, 0.1) is 6.61 Å². The molecule has 3 rings (SSSR count). The lowest BCUT2D eigenvalue weighted by Gasteiger charge is -2.37. The van der Waals surface area contributed by atoms with E-state index in [4.69, 9.17) is 9.47 Å². The SMILES string of the molecule is CC(C)C1CCN(C(=O)OC2CCN(C(C)C)CC2)CC1.CC(C)COCCN1CCC(C(C)C)CC1. The Balaban J connectivity index is 0.000000271. The highest BCUT2D eigenvalue weighted by Crippen LogP contribution is 2.26. The number of hydrogen-bond acceptors (Lipinski definition) is 5. The second kappa shape index (κ2) is 17.0. The molecule has 0 N–H and O–H groups in total. The molecule has 3 aliphatic heterocycles. The number of carbonyl (C=O) groups excluding carboxylic acids is 1. The largest absolute Gasteiger partial charge is 0.446 e. The minimum atomic E-state index is -0.0831. The Hall–Kier alpha value is -0.850. The molecule has 6 heteroatoms. The summed E-state index contributed by atoms with van der Waals surface area (Å²) in [6.07, 6.45) is 7.00. The molecule has 0 aromatic carbocycles. The third kappa shape index (κ3) is 12.3. The highest BCUT2D eigenvalue weighted by Gasteiger charge is 2.29. The predicted octanol–water partition coefficient (Wildman–Crippen LogP) is 6.39. The van der Waals surface area contributed by atoms with E-state index in [2.05, 4.69) is 65.2 Å². The summed E-state index contributed by atoms with van der Waals surface area (Å²) in [6.45, 7) is 27.4. The zero-order valence-electron chi connectivity index (χ0n) is 25.7. The summed E-state index contributed by atoms with van der Waals surface area (Å²) in [7, 11) is 0. The lowest BCUT2D eigenvalue weighted by molar-refractivity contribution is 0.0161. The van der Waals surface area contributed by atoms with Gasteiger partial charge < -0.3 is 24.2 Å². The Kier molecular flexibility index (Phi) is 14.8. The second-order valence-electron chi connectivity index (χ2n) is 13.2. The fourth-order valence-electron chi connectivity index (χ4n) is 5.83. The molecule has 3 saturated heterocycles. The van der Waals surface area contributed by atoms with Crippen molar-refractivity contribution in [2.75, 3.05) is 59.0 Å². The minimum absolute atomic E-state index is 0.0831. The van der Waals surface area contributed by atoms with Gasteiger partial charge in [-0.15, -0.1) is 0 Å². The van der Waals surface area contributed by atoms with E-state index >= 15 is 0 Å². The van der Waals surface area contributed by atoms with Crippen molar-refractivity contribution in [1.82, 2.24) is 14.7 Å². The Morgan fingerprint density at radius 2 is 1.24 bits per heavy atom. The molecule has 0 bridgehead atoms. The number of likely N-dealkylation sites (tertiary alicyclic amines) is 3. The van der Waals surface area contributed by atoms with Gasteiger partial charge in [-0.3, -0.25) is 0 Å². The molecule has 3 heterocycles. The molecule has 37 heavy (non-hydrogen) atoms. The van der Waals surface area contributed by atoms with Crippen molar-refractivity contribution in [2.24, 2.45) is 29.6 Å². The van der Waals surface area contributed by atoms with Crippen LogP contribution in [-0.4, -0.2) is 92.0 Å². The molecule has 1 amide bonds. The minimum Gasteiger partial charge on any atom is -0.446 e. The van der Waals surface area contributed by atoms with Crippen molar-refractivity contribution in [2.45, 2.75) is 106 Å². The van der Waals surface area contributed by atoms with Crippen LogP contribution in [0.3, 0.4) is 0 Å². The van der Waals surface area contributed by atoms with Crippen molar-refractivity contribution in [1.29, 1.82) is 0 Å². The van der Waals surface area contributed by atoms with E-state index in [-0.39, 0.29) is 12.2 Å². The summed E-state index contributed by atoms with van der Waals surface area (Å²) in [5.41, 5.74) is 0. The number of carbonyl (C=O) groups is 1. The quantitative estimate of drug-likeness (QED) is 0.328. The maximum Gasteiger partial charge on any atom is 0.410 e. The van der Waals surface area contributed by atoms with Crippen LogP contribution in [0.2, 0.25) is 0 Å². The molecule has 0 aromatic heterocycles. The number of nitrogens with zero attached hydrogens (tertiary/aromatic N) is 3. The van der Waals surface area contributed by atoms with Gasteiger partial charge in [-0.1, -0.05) is 41.5 Å². The number of ether oxygens (including phenoxy) is 2. The van der Waals surface area contributed by atoms with Gasteiger partial charge in [0.2, 0.25) is 0 Å². The molecule has 218 valence electrons. The highest BCUT2D eigenvalue weighted by molar-refractivity contribution is 5.67. The van der Waals surface area contributed by atoms with Crippen molar-refractivity contribution >= 4 is 6.09 Å². The van der Waals surface area contributed by atoms with Gasteiger partial charge in [0, 0.05) is 45.4 Å². The van der Waals surface area contributed by atoms with Crippen molar-refractivity contribution in [3.63, 3.8) is 0 Å². The molecular formula is C31H61N3O3. The van der Waals surface area contributed by atoms with Crippen LogP contribution >= 0.6 is 0 Å². The summed E-state index contributed by atoms with van der Waals surface area (Å²) in [4.78, 5) is 19.2. The van der Waals surface area contributed by atoms with Crippen LogP contribution in [-0.2, 0) is 9.47 Å². The summed E-state index contributed by atoms with van der Waals surface area (Å²) in [6, 6.07) is 0.594. The molecule has 3 fully saturated rings. The third-order valence-electron chi connectivity index (χ3n) is 8.79. The van der Waals surface area contributed by atoms with Crippen molar-refractivity contribution < 1.29 is 14.3 Å². The van der Waals surface area contributed by atoms with Gasteiger partial charge >= 0.3 is 6.09 Å². The van der Waals surface area contributed by atoms with E-state index in [0.29, 0.717) is 12.0 Å². The van der Waals surface area contributed by atoms with E-state index in [1.54, 1.807) is 0 Å². The van der Waals surface area contributed by atoms with Crippen LogP contribution in [0.5, 0.6) is 0 Å². The number of piperidine rings is 3. The van der Waals surface area contributed by atoms with E-state index in [1.165, 1.54) is 25.9 Å². The summed E-state index contributed by atoms with van der Waals surface area (Å²) >= 11 is 0. The third-order valence-corrected chi connectivity index (χ3v) is 8.79. The van der Waals surface area contributed by atoms with Gasteiger partial charge in [0.25, 0.3) is 0 Å². The van der Waals surface area contributed by atoms with Gasteiger partial charge in [-0.2, -0.15) is 0 Å². The molecule has 0 atom stereocenters. The Morgan fingerprint density at radius 1 is 0.730 bits per heavy atom. The first-order valence-electron chi connectivity index (χ1n) is 15.6. The first-order valence-corrected chi connectivity index (χ1v) is 15.6. The average molecular weight is 524 g/mol. The fraction of sp³-hybridized carbons (Fsp3) is 0.968. The molecule has 0 aliphatic carbocycles. The first kappa shape index (κ1) is 32.4. The molecule has 0 saturated carbocycles. The summed E-state index contributed by atoms with van der Waals surface area (Å²) < 4.78 is 11.3. The molecule has 0 spiro atoms. The lowest BCUT2D eigenvalue weighted by atomic mass is 9.87. The van der Waals surface area contributed by atoms with E-state index in [0.717, 1.165) is 95.3 Å². The maximum absolute atomic E-state index is 12.2. The van der Waals surface area contributed by atoms with Gasteiger partial charge in [-0.05, 0) is 95.1 Å². The van der Waals surface area contributed by atoms with Gasteiger partial charge in [0.1, 0.15) is 6.10 Å². The predicted molar refractivity (Wildman–Crippen MR) is 155 cm³/mol. The monoisotopic (exact) mass is 523 g/mol. The number of rotatable bonds is 9. The molecule has 0 aromatic rings. The number of amides is 1. The van der Waals surface area contributed by atoms with Crippen LogP contribution in [0.4, 0.5) is 4.79 Å². The van der Waals surface area contributed by atoms with E-state index < -0.39 is 0 Å². The fourth-order valence-corrected chi connectivity index (χ4v) is 5.83. The van der Waals surface area contributed by atoms with Crippen LogP contribution in [0.25, 0.3) is 0 Å². The molecule has 6 nitrogen and oxygen atoms in total. The Bertz CT molecular complexity index is 601. The Morgan fingerprint density at radius 3 is 1.70 bits per heavy atom. The zero-order chi connectivity index (χ0) is 27.4. The zero-order valence-corrected chi connectivity index (χ0v) is 25.7. The van der Waals surface area contributed by atoms with Crippen LogP contribution in [0, 0.1) is 29.6 Å². The summed E-state index contributed by atoms with van der Waals surface area (Å²) in [5, 5.41) is 0. The lowest BCUT2D eigenvalue weighted by Crippen LogP contribution is -2.45. The number of hydrogen-bond donors (Lipinski definition) is 0. The second-order valence-corrected chi connectivity index (χ2v) is 13.2. The van der Waals surface area contributed by atoms with Crippen LogP contribution in [0.15, 0.2) is 0 Å². The normalized spacial score (nSPS) is 21.7. The van der Waals surface area contributed by atoms with E-state index in [9.17, 15) is 4.79 Å². The van der Waals surface area contributed by atoms with Crippen LogP contribution < -0.4 is 0 Å². The maximum atomic E-state index is 12.2. The molecule has 3 aliphatic rings. The average Bonchev–Trinajstić information content (AvgIpc) is 2.87. The molecule has 0 radical (unpaired) electrons. The standard InChI is InChI=1S/C17H32N2O2.C14H29NO/c1-13(2)15-5-9-19(10-6-15)17(20)21-16-7-11-18(12-8-16)14(3)4;1-12(2)11-16-10-9-15-7-5-14(6-8-15)13(3)4/h13-16H,5-12H2,1-4H3;12-14H,5-11H2,1-4H3. The van der Waals surface area contributed by atoms with E-state index in [1.807, 2.05) is 4.90 Å². The van der Waals surface area contributed by atoms with Gasteiger partial charge in [-0.25, -0.2) is 4.79 Å². The van der Waals surface area contributed by atoms with Crippen LogP contribution in [0.1, 0.15) is 93.9 Å². The Labute approximate surface area is 229 Å². The summed E-state index contributed by atoms with van der Waals surface area (Å²) in [5.74, 6) is 3.96. The topological polar surface area (TPSA) is 45.3 Å². The van der Waals surface area contributed by atoms with Crippen molar-refractivity contribution in [3.05, 3.63) is 0 Å². The van der Waals surface area contributed by atoms with Gasteiger partial charge in [0.15, 0.2) is 0 Å². The molecular weight excluding hydrogens is 462 g/mol. The highest BCUT2D eigenvalue weighted by atomic mass is 16.6. The van der Waals surface area contributed by atoms with Crippen molar-refractivity contribution in [3.8, 4) is 0 Å². The first-order chi connectivity index (χ1) is 17.6. The smallest absolute Gasteiger partial charge is 0.410 e.